The first-order valence-electron chi connectivity index (χ1n) is 6.88. The van der Waals surface area contributed by atoms with Crippen molar-refractivity contribution in [2.75, 3.05) is 0 Å². The predicted molar refractivity (Wildman–Crippen MR) is 72.5 cm³/mol. The normalized spacial score (nSPS) is 18.6. The molecule has 1 aliphatic carbocycles. The Morgan fingerprint density at radius 3 is 2.72 bits per heavy atom. The van der Waals surface area contributed by atoms with E-state index in [1.54, 1.807) is 0 Å². The lowest BCUT2D eigenvalue weighted by atomic mass is 10.0. The average Bonchev–Trinajstić information content (AvgIpc) is 2.95. The Morgan fingerprint density at radius 2 is 2.00 bits per heavy atom. The van der Waals surface area contributed by atoms with Crippen molar-refractivity contribution in [2.45, 2.75) is 51.2 Å². The van der Waals surface area contributed by atoms with Gasteiger partial charge in [0, 0.05) is 6.42 Å². The van der Waals surface area contributed by atoms with Crippen LogP contribution in [0.5, 0.6) is 0 Å². The van der Waals surface area contributed by atoms with Crippen molar-refractivity contribution in [3.05, 3.63) is 30.1 Å². The molecule has 1 N–H and O–H groups in total. The van der Waals surface area contributed by atoms with Crippen LogP contribution in [0.15, 0.2) is 24.3 Å². The van der Waals surface area contributed by atoms with Gasteiger partial charge in [0.15, 0.2) is 0 Å². The van der Waals surface area contributed by atoms with Crippen molar-refractivity contribution in [2.24, 2.45) is 0 Å². The molecule has 1 heterocycles. The van der Waals surface area contributed by atoms with E-state index in [2.05, 4.69) is 22.5 Å². The van der Waals surface area contributed by atoms with E-state index in [1.807, 2.05) is 18.2 Å². The highest BCUT2D eigenvalue weighted by Gasteiger charge is 2.32. The summed E-state index contributed by atoms with van der Waals surface area (Å²) in [6.07, 6.45) is 5.03. The maximum absolute atomic E-state index is 10.6. The quantitative estimate of drug-likeness (QED) is 0.901. The summed E-state index contributed by atoms with van der Waals surface area (Å²) in [7, 11) is 0. The molecule has 0 aliphatic heterocycles. The minimum absolute atomic E-state index is 0.520. The summed E-state index contributed by atoms with van der Waals surface area (Å²) in [6.45, 7) is 2.81. The number of aryl methyl sites for hydroxylation is 1. The molecule has 1 aromatic carbocycles. The topological polar surface area (TPSA) is 38.0 Å². The number of benzene rings is 1. The van der Waals surface area contributed by atoms with Crippen LogP contribution in [0.1, 0.15) is 38.4 Å². The van der Waals surface area contributed by atoms with E-state index < -0.39 is 5.60 Å². The van der Waals surface area contributed by atoms with E-state index in [1.165, 1.54) is 0 Å². The lowest BCUT2D eigenvalue weighted by Crippen LogP contribution is -2.31. The maximum Gasteiger partial charge on any atom is 0.109 e. The standard InChI is InChI=1S/C15H20N2O/c1-2-14-16-12-7-3-4-8-13(12)17(14)11-15(18)9-5-6-10-15/h3-4,7-8,18H,2,5-6,9-11H2,1H3. The van der Waals surface area contributed by atoms with Crippen LogP contribution >= 0.6 is 0 Å². The molecule has 0 saturated heterocycles. The lowest BCUT2D eigenvalue weighted by Gasteiger charge is -2.24. The molecule has 0 radical (unpaired) electrons. The largest absolute Gasteiger partial charge is 0.388 e. The molecule has 18 heavy (non-hydrogen) atoms. The van der Waals surface area contributed by atoms with Crippen molar-refractivity contribution < 1.29 is 5.11 Å². The highest BCUT2D eigenvalue weighted by Crippen LogP contribution is 2.32. The Hall–Kier alpha value is -1.35. The molecule has 0 amide bonds. The van der Waals surface area contributed by atoms with Crippen molar-refractivity contribution in [3.8, 4) is 0 Å². The predicted octanol–water partition coefficient (Wildman–Crippen LogP) is 2.90. The van der Waals surface area contributed by atoms with Gasteiger partial charge in [-0.15, -0.1) is 0 Å². The number of imidazole rings is 1. The zero-order valence-corrected chi connectivity index (χ0v) is 10.9. The number of hydrogen-bond donors (Lipinski definition) is 1. The molecule has 1 fully saturated rings. The molecular weight excluding hydrogens is 224 g/mol. The number of rotatable bonds is 3. The van der Waals surface area contributed by atoms with E-state index in [0.29, 0.717) is 6.54 Å². The van der Waals surface area contributed by atoms with E-state index in [0.717, 1.165) is 49.0 Å². The van der Waals surface area contributed by atoms with E-state index in [9.17, 15) is 5.11 Å². The Labute approximate surface area is 107 Å². The van der Waals surface area contributed by atoms with Crippen LogP contribution in [-0.2, 0) is 13.0 Å². The van der Waals surface area contributed by atoms with Crippen LogP contribution in [0.25, 0.3) is 11.0 Å². The lowest BCUT2D eigenvalue weighted by molar-refractivity contribution is 0.0302. The summed E-state index contributed by atoms with van der Waals surface area (Å²) >= 11 is 0. The zero-order chi connectivity index (χ0) is 12.6. The summed E-state index contributed by atoms with van der Waals surface area (Å²) in [6, 6.07) is 8.20. The van der Waals surface area contributed by atoms with E-state index >= 15 is 0 Å². The fraction of sp³-hybridized carbons (Fsp3) is 0.533. The smallest absolute Gasteiger partial charge is 0.109 e. The molecule has 1 saturated carbocycles. The number of fused-ring (bicyclic) bond motifs is 1. The fourth-order valence-electron chi connectivity index (χ4n) is 3.06. The second-order valence-corrected chi connectivity index (χ2v) is 5.39. The minimum atomic E-state index is -0.520. The van der Waals surface area contributed by atoms with Gasteiger partial charge in [0.2, 0.25) is 0 Å². The number of nitrogens with zero attached hydrogens (tertiary/aromatic N) is 2. The van der Waals surface area contributed by atoms with Crippen molar-refractivity contribution in [1.82, 2.24) is 9.55 Å². The summed E-state index contributed by atoms with van der Waals surface area (Å²) in [5.74, 6) is 1.08. The summed E-state index contributed by atoms with van der Waals surface area (Å²) in [5, 5.41) is 10.6. The number of para-hydroxylation sites is 2. The molecule has 0 bridgehead atoms. The fourth-order valence-corrected chi connectivity index (χ4v) is 3.06. The van der Waals surface area contributed by atoms with Crippen LogP contribution in [0, 0.1) is 0 Å². The minimum Gasteiger partial charge on any atom is -0.388 e. The zero-order valence-electron chi connectivity index (χ0n) is 10.9. The van der Waals surface area contributed by atoms with Crippen molar-refractivity contribution >= 4 is 11.0 Å². The first kappa shape index (κ1) is 11.7. The highest BCUT2D eigenvalue weighted by molar-refractivity contribution is 5.75. The molecular formula is C15H20N2O. The van der Waals surface area contributed by atoms with Gasteiger partial charge in [0.25, 0.3) is 0 Å². The molecule has 2 aromatic rings. The van der Waals surface area contributed by atoms with Crippen LogP contribution in [0.3, 0.4) is 0 Å². The molecule has 0 spiro atoms. The van der Waals surface area contributed by atoms with Crippen LogP contribution in [0.4, 0.5) is 0 Å². The third kappa shape index (κ3) is 1.93. The van der Waals surface area contributed by atoms with Gasteiger partial charge in [-0.3, -0.25) is 0 Å². The molecule has 0 atom stereocenters. The molecule has 3 heteroatoms. The van der Waals surface area contributed by atoms with Crippen molar-refractivity contribution in [3.63, 3.8) is 0 Å². The molecule has 0 unspecified atom stereocenters. The van der Waals surface area contributed by atoms with Gasteiger partial charge in [-0.05, 0) is 25.0 Å². The van der Waals surface area contributed by atoms with Gasteiger partial charge in [-0.2, -0.15) is 0 Å². The second-order valence-electron chi connectivity index (χ2n) is 5.39. The summed E-state index contributed by atoms with van der Waals surface area (Å²) in [5.41, 5.74) is 1.67. The van der Waals surface area contributed by atoms with Gasteiger partial charge in [0.05, 0.1) is 23.2 Å². The molecule has 1 aromatic heterocycles. The van der Waals surface area contributed by atoms with Crippen LogP contribution < -0.4 is 0 Å². The van der Waals surface area contributed by atoms with Crippen molar-refractivity contribution in [1.29, 1.82) is 0 Å². The first-order valence-corrected chi connectivity index (χ1v) is 6.88. The van der Waals surface area contributed by atoms with Gasteiger partial charge in [-0.25, -0.2) is 4.98 Å². The van der Waals surface area contributed by atoms with Gasteiger partial charge < -0.3 is 9.67 Å². The Morgan fingerprint density at radius 1 is 1.28 bits per heavy atom. The Kier molecular flexibility index (Phi) is 2.86. The molecule has 3 nitrogen and oxygen atoms in total. The summed E-state index contributed by atoms with van der Waals surface area (Å²) in [4.78, 5) is 4.66. The second kappa shape index (κ2) is 4.39. The van der Waals surface area contributed by atoms with E-state index in [4.69, 9.17) is 0 Å². The highest BCUT2D eigenvalue weighted by atomic mass is 16.3. The third-order valence-corrected chi connectivity index (χ3v) is 4.04. The Balaban J connectivity index is 2.04. The molecule has 1 aliphatic rings. The van der Waals surface area contributed by atoms with Crippen LogP contribution in [-0.4, -0.2) is 20.3 Å². The monoisotopic (exact) mass is 244 g/mol. The third-order valence-electron chi connectivity index (χ3n) is 4.04. The first-order chi connectivity index (χ1) is 8.72. The van der Waals surface area contributed by atoms with Gasteiger partial charge in [-0.1, -0.05) is 31.9 Å². The van der Waals surface area contributed by atoms with Gasteiger partial charge in [0.1, 0.15) is 5.82 Å². The summed E-state index contributed by atoms with van der Waals surface area (Å²) < 4.78 is 2.21. The molecule has 3 rings (SSSR count). The van der Waals surface area contributed by atoms with E-state index in [-0.39, 0.29) is 0 Å². The van der Waals surface area contributed by atoms with Crippen LogP contribution in [0.2, 0.25) is 0 Å². The average molecular weight is 244 g/mol. The molecule has 96 valence electrons. The number of aliphatic hydroxyl groups is 1. The Bertz CT molecular complexity index is 553. The maximum atomic E-state index is 10.6. The number of hydrogen-bond acceptors (Lipinski definition) is 2. The number of aromatic nitrogens is 2. The SMILES string of the molecule is CCc1nc2ccccc2n1CC1(O)CCCC1. The van der Waals surface area contributed by atoms with Gasteiger partial charge >= 0.3 is 0 Å².